The van der Waals surface area contributed by atoms with Gasteiger partial charge in [0.25, 0.3) is 5.91 Å². The maximum atomic E-state index is 14.0. The molecule has 2 atom stereocenters. The first-order valence-corrected chi connectivity index (χ1v) is 7.32. The zero-order chi connectivity index (χ0) is 17.3. The van der Waals surface area contributed by atoms with Crippen molar-refractivity contribution in [2.24, 2.45) is 17.8 Å². The summed E-state index contributed by atoms with van der Waals surface area (Å²) in [5.41, 5.74) is -0.420. The Morgan fingerprint density at radius 2 is 1.91 bits per heavy atom. The van der Waals surface area contributed by atoms with Gasteiger partial charge in [0.15, 0.2) is 11.6 Å². The third-order valence-corrected chi connectivity index (χ3v) is 4.32. The number of amides is 1. The molecular formula is C16H19F2NO4. The molecule has 1 amide bonds. The zero-order valence-electron chi connectivity index (χ0n) is 13.2. The van der Waals surface area contributed by atoms with Gasteiger partial charge in [-0.2, -0.15) is 4.39 Å². The van der Waals surface area contributed by atoms with Gasteiger partial charge in [0.2, 0.25) is 5.82 Å². The van der Waals surface area contributed by atoms with Crippen molar-refractivity contribution in [3.8, 4) is 5.75 Å². The van der Waals surface area contributed by atoms with Gasteiger partial charge < -0.3 is 14.7 Å². The maximum absolute atomic E-state index is 14.0. The number of aliphatic carboxylic acids is 1. The monoisotopic (exact) mass is 327 g/mol. The molecule has 0 aliphatic carbocycles. The van der Waals surface area contributed by atoms with Crippen molar-refractivity contribution in [2.45, 2.75) is 13.8 Å². The van der Waals surface area contributed by atoms with E-state index in [1.54, 1.807) is 0 Å². The number of ether oxygens (including phenoxy) is 1. The molecule has 1 aliphatic heterocycles. The number of carboxylic acid groups (broad SMARTS) is 1. The largest absolute Gasteiger partial charge is 0.494 e. The highest BCUT2D eigenvalue weighted by Gasteiger charge is 2.41. The number of hydrogen-bond acceptors (Lipinski definition) is 3. The van der Waals surface area contributed by atoms with Crippen LogP contribution in [0.4, 0.5) is 8.78 Å². The number of carboxylic acids is 1. The number of methoxy groups -OCH3 is 1. The van der Waals surface area contributed by atoms with Gasteiger partial charge in [-0.3, -0.25) is 9.59 Å². The van der Waals surface area contributed by atoms with Crippen LogP contribution in [0.2, 0.25) is 0 Å². The third kappa shape index (κ3) is 3.13. The van der Waals surface area contributed by atoms with E-state index in [1.807, 2.05) is 13.8 Å². The first kappa shape index (κ1) is 17.2. The molecule has 1 aliphatic rings. The van der Waals surface area contributed by atoms with Gasteiger partial charge in [0.05, 0.1) is 18.6 Å². The van der Waals surface area contributed by atoms with Gasteiger partial charge in [-0.05, 0) is 24.0 Å². The molecule has 2 rings (SSSR count). The molecule has 5 nitrogen and oxygen atoms in total. The predicted molar refractivity (Wildman–Crippen MR) is 78.3 cm³/mol. The number of carbonyl (C=O) groups is 2. The second-order valence-electron chi connectivity index (χ2n) is 6.01. The third-order valence-electron chi connectivity index (χ3n) is 4.32. The number of benzene rings is 1. The first-order valence-electron chi connectivity index (χ1n) is 7.32. The smallest absolute Gasteiger partial charge is 0.308 e. The Hall–Kier alpha value is -2.18. The van der Waals surface area contributed by atoms with Gasteiger partial charge in [0, 0.05) is 13.1 Å². The molecule has 1 fully saturated rings. The molecule has 126 valence electrons. The second-order valence-corrected chi connectivity index (χ2v) is 6.01. The minimum absolute atomic E-state index is 0.00982. The highest BCUT2D eigenvalue weighted by molar-refractivity contribution is 5.95. The Labute approximate surface area is 132 Å². The van der Waals surface area contributed by atoms with Crippen LogP contribution in [0, 0.1) is 29.4 Å². The average molecular weight is 327 g/mol. The standard InChI is InChI=1S/C16H19F2NO4/c1-8(2)10-6-19(7-11(10)16(21)22)15(20)9-4-5-12(23-3)14(18)13(9)17/h4-5,8,10-11H,6-7H2,1-3H3,(H,21,22)/t10-,11+/m0/s1. The van der Waals surface area contributed by atoms with Crippen LogP contribution in [0.25, 0.3) is 0 Å². The molecule has 7 heteroatoms. The highest BCUT2D eigenvalue weighted by atomic mass is 19.2. The number of likely N-dealkylation sites (tertiary alicyclic amines) is 1. The van der Waals surface area contributed by atoms with Crippen LogP contribution in [0.1, 0.15) is 24.2 Å². The van der Waals surface area contributed by atoms with Crippen LogP contribution < -0.4 is 4.74 Å². The van der Waals surface area contributed by atoms with Crippen molar-refractivity contribution in [3.05, 3.63) is 29.3 Å². The van der Waals surface area contributed by atoms with Crippen LogP contribution in [0.3, 0.4) is 0 Å². The van der Waals surface area contributed by atoms with E-state index < -0.39 is 35.0 Å². The van der Waals surface area contributed by atoms with Crippen molar-refractivity contribution < 1.29 is 28.2 Å². The fourth-order valence-corrected chi connectivity index (χ4v) is 2.96. The van der Waals surface area contributed by atoms with E-state index in [1.165, 1.54) is 18.1 Å². The predicted octanol–water partition coefficient (Wildman–Crippen LogP) is 2.40. The first-order chi connectivity index (χ1) is 10.8. The summed E-state index contributed by atoms with van der Waals surface area (Å²) in [5, 5.41) is 9.28. The van der Waals surface area contributed by atoms with Gasteiger partial charge in [0.1, 0.15) is 0 Å². The molecule has 0 bridgehead atoms. The summed E-state index contributed by atoms with van der Waals surface area (Å²) in [6.45, 7) is 3.95. The molecule has 0 saturated carbocycles. The lowest BCUT2D eigenvalue weighted by Gasteiger charge is -2.19. The van der Waals surface area contributed by atoms with E-state index in [0.717, 1.165) is 6.07 Å². The average Bonchev–Trinajstić information content (AvgIpc) is 2.95. The lowest BCUT2D eigenvalue weighted by Crippen LogP contribution is -2.30. The molecule has 0 unspecified atom stereocenters. The summed E-state index contributed by atoms with van der Waals surface area (Å²) in [7, 11) is 1.20. The van der Waals surface area contributed by atoms with Crippen LogP contribution in [0.5, 0.6) is 5.75 Å². The molecule has 1 aromatic rings. The molecule has 0 spiro atoms. The Kier molecular flexibility index (Phi) is 4.87. The van der Waals surface area contributed by atoms with Crippen molar-refractivity contribution >= 4 is 11.9 Å². The topological polar surface area (TPSA) is 66.8 Å². The minimum Gasteiger partial charge on any atom is -0.494 e. The fraction of sp³-hybridized carbons (Fsp3) is 0.500. The normalized spacial score (nSPS) is 20.9. The molecular weight excluding hydrogens is 308 g/mol. The molecule has 1 saturated heterocycles. The van der Waals surface area contributed by atoms with E-state index in [9.17, 15) is 23.5 Å². The van der Waals surface area contributed by atoms with Crippen molar-refractivity contribution in [2.75, 3.05) is 20.2 Å². The van der Waals surface area contributed by atoms with Gasteiger partial charge in [-0.1, -0.05) is 13.8 Å². The zero-order valence-corrected chi connectivity index (χ0v) is 13.2. The quantitative estimate of drug-likeness (QED) is 0.922. The van der Waals surface area contributed by atoms with Crippen LogP contribution in [0.15, 0.2) is 12.1 Å². The Morgan fingerprint density at radius 1 is 1.26 bits per heavy atom. The van der Waals surface area contributed by atoms with E-state index in [0.29, 0.717) is 0 Å². The van der Waals surface area contributed by atoms with Crippen LogP contribution >= 0.6 is 0 Å². The molecule has 1 N–H and O–H groups in total. The Bertz CT molecular complexity index is 633. The second kappa shape index (κ2) is 6.52. The number of carbonyl (C=O) groups excluding carboxylic acids is 1. The number of halogens is 2. The number of hydrogen-bond donors (Lipinski definition) is 1. The summed E-state index contributed by atoms with van der Waals surface area (Å²) in [6.07, 6.45) is 0. The number of nitrogens with zero attached hydrogens (tertiary/aromatic N) is 1. The molecule has 1 heterocycles. The number of rotatable bonds is 4. The van der Waals surface area contributed by atoms with E-state index in [-0.39, 0.29) is 30.7 Å². The highest BCUT2D eigenvalue weighted by Crippen LogP contribution is 2.32. The van der Waals surface area contributed by atoms with Crippen molar-refractivity contribution in [1.82, 2.24) is 4.90 Å². The van der Waals surface area contributed by atoms with E-state index >= 15 is 0 Å². The van der Waals surface area contributed by atoms with E-state index in [2.05, 4.69) is 4.74 Å². The molecule has 0 radical (unpaired) electrons. The summed E-state index contributed by atoms with van der Waals surface area (Å²) in [4.78, 5) is 25.1. The van der Waals surface area contributed by atoms with Crippen LogP contribution in [-0.2, 0) is 4.79 Å². The summed E-state index contributed by atoms with van der Waals surface area (Å²) in [5.74, 6) is -5.36. The summed E-state index contributed by atoms with van der Waals surface area (Å²) in [6, 6.07) is 2.33. The van der Waals surface area contributed by atoms with Crippen molar-refractivity contribution in [1.29, 1.82) is 0 Å². The molecule has 23 heavy (non-hydrogen) atoms. The SMILES string of the molecule is COc1ccc(C(=O)N2C[C@@H](C(=O)O)[C@H](C(C)C)C2)c(F)c1F. The van der Waals surface area contributed by atoms with E-state index in [4.69, 9.17) is 0 Å². The lowest BCUT2D eigenvalue weighted by atomic mass is 9.86. The van der Waals surface area contributed by atoms with Gasteiger partial charge in [-0.15, -0.1) is 0 Å². The lowest BCUT2D eigenvalue weighted by molar-refractivity contribution is -0.142. The van der Waals surface area contributed by atoms with Gasteiger partial charge in [-0.25, -0.2) is 4.39 Å². The van der Waals surface area contributed by atoms with Crippen molar-refractivity contribution in [3.63, 3.8) is 0 Å². The molecule has 0 aromatic heterocycles. The summed E-state index contributed by atoms with van der Waals surface area (Å²) < 4.78 is 32.5. The fourth-order valence-electron chi connectivity index (χ4n) is 2.96. The Balaban J connectivity index is 2.28. The Morgan fingerprint density at radius 3 is 2.39 bits per heavy atom. The minimum atomic E-state index is -1.28. The maximum Gasteiger partial charge on any atom is 0.308 e. The summed E-state index contributed by atoms with van der Waals surface area (Å²) >= 11 is 0. The molecule has 1 aromatic carbocycles. The van der Waals surface area contributed by atoms with Crippen LogP contribution in [-0.4, -0.2) is 42.1 Å². The van der Waals surface area contributed by atoms with Gasteiger partial charge >= 0.3 is 5.97 Å².